The van der Waals surface area contributed by atoms with Gasteiger partial charge in [0.05, 0.1) is 5.56 Å². The molecule has 1 aromatic heterocycles. The van der Waals surface area contributed by atoms with E-state index in [1.807, 2.05) is 12.1 Å². The predicted molar refractivity (Wildman–Crippen MR) is 81.5 cm³/mol. The Hall–Kier alpha value is -2.89. The number of nitrogens with one attached hydrogen (secondary N) is 1. The Morgan fingerprint density at radius 3 is 2.64 bits per heavy atom. The van der Waals surface area contributed by atoms with Crippen molar-refractivity contribution in [2.75, 3.05) is 16.8 Å². The Balaban J connectivity index is 1.78. The third-order valence-electron chi connectivity index (χ3n) is 3.68. The minimum Gasteiger partial charge on any atom is -0.619 e. The number of fused-ring (bicyclic) bond motifs is 1. The van der Waals surface area contributed by atoms with Gasteiger partial charge in [-0.05, 0) is 30.2 Å². The number of carbonyl (C=O) groups excluding carboxylic acids is 2. The van der Waals surface area contributed by atoms with Crippen LogP contribution in [0.15, 0.2) is 42.7 Å². The van der Waals surface area contributed by atoms with Crippen molar-refractivity contribution in [1.82, 2.24) is 0 Å². The summed E-state index contributed by atoms with van der Waals surface area (Å²) < 4.78 is 0.628. The number of carbonyl (C=O) groups is 2. The summed E-state index contributed by atoms with van der Waals surface area (Å²) in [6.07, 6.45) is 3.34. The number of pyridine rings is 1. The summed E-state index contributed by atoms with van der Waals surface area (Å²) >= 11 is 0. The fourth-order valence-corrected chi connectivity index (χ4v) is 2.57. The van der Waals surface area contributed by atoms with Crippen LogP contribution >= 0.6 is 0 Å². The fourth-order valence-electron chi connectivity index (χ4n) is 2.57. The van der Waals surface area contributed by atoms with Gasteiger partial charge in [-0.25, -0.2) is 0 Å². The van der Waals surface area contributed by atoms with Gasteiger partial charge in [0.15, 0.2) is 12.4 Å². The quantitative estimate of drug-likeness (QED) is 0.674. The molecule has 1 aliphatic heterocycles. The highest BCUT2D eigenvalue weighted by Gasteiger charge is 2.22. The second-order valence-corrected chi connectivity index (χ2v) is 5.16. The maximum absolute atomic E-state index is 12.1. The van der Waals surface area contributed by atoms with E-state index in [0.717, 1.165) is 17.7 Å². The van der Waals surface area contributed by atoms with Crippen LogP contribution < -0.4 is 14.9 Å². The molecule has 2 aromatic rings. The lowest BCUT2D eigenvalue weighted by molar-refractivity contribution is -0.605. The first-order valence-corrected chi connectivity index (χ1v) is 6.96. The van der Waals surface area contributed by atoms with Crippen LogP contribution in [-0.2, 0) is 11.2 Å². The van der Waals surface area contributed by atoms with Gasteiger partial charge in [-0.3, -0.25) is 9.59 Å². The smallest absolute Gasteiger partial charge is 0.256 e. The summed E-state index contributed by atoms with van der Waals surface area (Å²) in [5.41, 5.74) is 3.03. The van der Waals surface area contributed by atoms with Crippen molar-refractivity contribution in [2.45, 2.75) is 13.3 Å². The van der Waals surface area contributed by atoms with Gasteiger partial charge in [-0.1, -0.05) is 0 Å². The van der Waals surface area contributed by atoms with Gasteiger partial charge < -0.3 is 15.4 Å². The zero-order chi connectivity index (χ0) is 15.7. The molecular weight excluding hydrogens is 282 g/mol. The van der Waals surface area contributed by atoms with Crippen molar-refractivity contribution in [3.63, 3.8) is 0 Å². The Kier molecular flexibility index (Phi) is 3.50. The zero-order valence-corrected chi connectivity index (χ0v) is 12.1. The molecule has 112 valence electrons. The van der Waals surface area contributed by atoms with Crippen molar-refractivity contribution in [3.8, 4) is 0 Å². The average Bonchev–Trinajstić information content (AvgIpc) is 2.91. The second kappa shape index (κ2) is 5.48. The third kappa shape index (κ3) is 2.63. The Morgan fingerprint density at radius 2 is 1.95 bits per heavy atom. The molecule has 0 radical (unpaired) electrons. The SMILES string of the molecule is CC(=O)N1CCc2cc(NC(=O)c3cc[n+]([O-])cc3)ccc21. The second-order valence-electron chi connectivity index (χ2n) is 5.16. The highest BCUT2D eigenvalue weighted by Crippen LogP contribution is 2.30. The van der Waals surface area contributed by atoms with Crippen molar-refractivity contribution in [2.24, 2.45) is 0 Å². The van der Waals surface area contributed by atoms with E-state index in [9.17, 15) is 14.8 Å². The van der Waals surface area contributed by atoms with Crippen LogP contribution in [0.2, 0.25) is 0 Å². The zero-order valence-electron chi connectivity index (χ0n) is 12.1. The van der Waals surface area contributed by atoms with E-state index in [1.165, 1.54) is 24.5 Å². The molecule has 0 saturated carbocycles. The maximum atomic E-state index is 12.1. The van der Waals surface area contributed by atoms with Gasteiger partial charge in [0.2, 0.25) is 5.91 Å². The van der Waals surface area contributed by atoms with Crippen LogP contribution in [0.5, 0.6) is 0 Å². The van der Waals surface area contributed by atoms with Crippen LogP contribution in [0, 0.1) is 5.21 Å². The average molecular weight is 297 g/mol. The molecule has 0 bridgehead atoms. The molecule has 3 rings (SSSR count). The Labute approximate surface area is 127 Å². The molecule has 0 atom stereocenters. The van der Waals surface area contributed by atoms with Gasteiger partial charge in [0.1, 0.15) is 0 Å². The molecule has 22 heavy (non-hydrogen) atoms. The van der Waals surface area contributed by atoms with Crippen LogP contribution in [0.4, 0.5) is 11.4 Å². The molecule has 2 amide bonds. The van der Waals surface area contributed by atoms with Gasteiger partial charge in [-0.15, -0.1) is 0 Å². The largest absolute Gasteiger partial charge is 0.619 e. The van der Waals surface area contributed by atoms with Gasteiger partial charge >= 0.3 is 0 Å². The molecule has 1 N–H and O–H groups in total. The van der Waals surface area contributed by atoms with Crippen molar-refractivity contribution < 1.29 is 14.3 Å². The molecule has 2 heterocycles. The summed E-state index contributed by atoms with van der Waals surface area (Å²) in [6.45, 7) is 2.22. The summed E-state index contributed by atoms with van der Waals surface area (Å²) in [7, 11) is 0. The summed E-state index contributed by atoms with van der Waals surface area (Å²) in [6, 6.07) is 8.43. The summed E-state index contributed by atoms with van der Waals surface area (Å²) in [5, 5.41) is 13.8. The minimum atomic E-state index is -0.276. The van der Waals surface area contributed by atoms with Crippen LogP contribution in [-0.4, -0.2) is 18.4 Å². The Bertz CT molecular complexity index is 741. The molecule has 1 aliphatic rings. The molecular formula is C16H15N3O3. The Morgan fingerprint density at radius 1 is 1.23 bits per heavy atom. The molecule has 0 saturated heterocycles. The predicted octanol–water partition coefficient (Wildman–Crippen LogP) is 1.48. The van der Waals surface area contributed by atoms with E-state index in [4.69, 9.17) is 0 Å². The molecule has 0 aliphatic carbocycles. The lowest BCUT2D eigenvalue weighted by Crippen LogP contribution is -2.25. The maximum Gasteiger partial charge on any atom is 0.256 e. The van der Waals surface area contributed by atoms with E-state index in [1.54, 1.807) is 17.9 Å². The molecule has 1 aromatic carbocycles. The number of nitrogens with zero attached hydrogens (tertiary/aromatic N) is 2. The standard InChI is InChI=1S/C16H15N3O3/c1-11(20)19-9-6-13-10-14(2-3-15(13)19)17-16(21)12-4-7-18(22)8-5-12/h2-5,7-8,10H,6,9H2,1H3,(H,17,21). The number of anilines is 2. The van der Waals surface area contributed by atoms with Crippen molar-refractivity contribution in [3.05, 3.63) is 59.1 Å². The molecule has 6 heteroatoms. The van der Waals surface area contributed by atoms with Gasteiger partial charge in [-0.2, -0.15) is 4.73 Å². The fraction of sp³-hybridized carbons (Fsp3) is 0.188. The number of hydrogen-bond donors (Lipinski definition) is 1. The molecule has 0 fully saturated rings. The van der Waals surface area contributed by atoms with Crippen LogP contribution in [0.25, 0.3) is 0 Å². The lowest BCUT2D eigenvalue weighted by Gasteiger charge is -2.15. The van der Waals surface area contributed by atoms with Crippen molar-refractivity contribution in [1.29, 1.82) is 0 Å². The monoisotopic (exact) mass is 297 g/mol. The third-order valence-corrected chi connectivity index (χ3v) is 3.68. The summed E-state index contributed by atoms with van der Waals surface area (Å²) in [4.78, 5) is 25.4. The van der Waals surface area contributed by atoms with E-state index in [-0.39, 0.29) is 11.8 Å². The number of rotatable bonds is 2. The van der Waals surface area contributed by atoms with E-state index in [2.05, 4.69) is 5.32 Å². The number of amides is 2. The normalized spacial score (nSPS) is 12.9. The van der Waals surface area contributed by atoms with Crippen molar-refractivity contribution >= 4 is 23.2 Å². The number of benzene rings is 1. The van der Waals surface area contributed by atoms with Gasteiger partial charge in [0, 0.05) is 37.0 Å². The topological polar surface area (TPSA) is 76.4 Å². The minimum absolute atomic E-state index is 0.0192. The van der Waals surface area contributed by atoms with E-state index >= 15 is 0 Å². The van der Waals surface area contributed by atoms with Crippen LogP contribution in [0.1, 0.15) is 22.8 Å². The summed E-state index contributed by atoms with van der Waals surface area (Å²) in [5.74, 6) is -0.257. The van der Waals surface area contributed by atoms with Crippen LogP contribution in [0.3, 0.4) is 0 Å². The van der Waals surface area contributed by atoms with Gasteiger partial charge in [0.25, 0.3) is 5.91 Å². The van der Waals surface area contributed by atoms with E-state index in [0.29, 0.717) is 22.5 Å². The first-order chi connectivity index (χ1) is 10.5. The first kappa shape index (κ1) is 14.1. The van der Waals surface area contributed by atoms with E-state index < -0.39 is 0 Å². The lowest BCUT2D eigenvalue weighted by atomic mass is 10.1. The molecule has 0 unspecified atom stereocenters. The number of aromatic nitrogens is 1. The number of hydrogen-bond acceptors (Lipinski definition) is 3. The first-order valence-electron chi connectivity index (χ1n) is 6.96. The highest BCUT2D eigenvalue weighted by atomic mass is 16.5. The highest BCUT2D eigenvalue weighted by molar-refractivity contribution is 6.04. The molecule has 6 nitrogen and oxygen atoms in total. The molecule has 0 spiro atoms.